The number of amides is 2. The fraction of sp³-hybridized carbons (Fsp3) is 0.167. The molecule has 48 heavy (non-hydrogen) atoms. The summed E-state index contributed by atoms with van der Waals surface area (Å²) in [4.78, 5) is 49.5. The summed E-state index contributed by atoms with van der Waals surface area (Å²) in [5, 5.41) is 8.04. The van der Waals surface area contributed by atoms with Gasteiger partial charge in [0, 0.05) is 32.9 Å². The Morgan fingerprint density at radius 2 is 0.958 bits per heavy atom. The van der Waals surface area contributed by atoms with Gasteiger partial charge < -0.3 is 9.47 Å². The maximum atomic E-state index is 12.5. The molecule has 0 radical (unpaired) electrons. The molecule has 2 N–H and O–H groups in total. The molecule has 0 heterocycles. The molecule has 0 aromatic heterocycles. The van der Waals surface area contributed by atoms with Crippen molar-refractivity contribution in [3.63, 3.8) is 0 Å². The second-order valence-electron chi connectivity index (χ2n) is 10.4. The van der Waals surface area contributed by atoms with Gasteiger partial charge in [-0.3, -0.25) is 9.59 Å². The second kappa shape index (κ2) is 19.0. The number of halogens is 2. The van der Waals surface area contributed by atoms with Gasteiger partial charge in [0.1, 0.15) is 11.5 Å². The van der Waals surface area contributed by atoms with E-state index in [0.717, 1.165) is 21.8 Å². The Kier molecular flexibility index (Phi) is 14.2. The van der Waals surface area contributed by atoms with Crippen molar-refractivity contribution in [1.82, 2.24) is 10.9 Å². The van der Waals surface area contributed by atoms with Gasteiger partial charge in [0.2, 0.25) is 11.8 Å². The van der Waals surface area contributed by atoms with E-state index in [1.54, 1.807) is 84.9 Å². The van der Waals surface area contributed by atoms with Crippen molar-refractivity contribution in [1.29, 1.82) is 0 Å². The van der Waals surface area contributed by atoms with Crippen LogP contribution in [0.5, 0.6) is 11.5 Å². The van der Waals surface area contributed by atoms with Gasteiger partial charge in [0.15, 0.2) is 0 Å². The van der Waals surface area contributed by atoms with Crippen molar-refractivity contribution < 1.29 is 28.7 Å². The molecule has 0 saturated carbocycles. The number of unbranched alkanes of at least 4 members (excludes halogenated alkanes) is 3. The number of hydrazone groups is 2. The molecule has 2 amide bonds. The lowest BCUT2D eigenvalue weighted by molar-refractivity contribution is -0.122. The number of benzene rings is 4. The maximum absolute atomic E-state index is 12.5. The van der Waals surface area contributed by atoms with E-state index in [-0.39, 0.29) is 24.7 Å². The molecular weight excluding hydrogens is 744 g/mol. The first kappa shape index (κ1) is 35.9. The van der Waals surface area contributed by atoms with Crippen molar-refractivity contribution in [2.75, 3.05) is 0 Å². The highest BCUT2D eigenvalue weighted by atomic mass is 79.9. The summed E-state index contributed by atoms with van der Waals surface area (Å²) >= 11 is 6.79. The summed E-state index contributed by atoms with van der Waals surface area (Å²) in [6.07, 6.45) is 6.16. The van der Waals surface area contributed by atoms with E-state index in [1.807, 2.05) is 12.1 Å². The molecule has 0 aliphatic rings. The third-order valence-corrected chi connectivity index (χ3v) is 7.70. The minimum Gasteiger partial charge on any atom is -0.422 e. The Morgan fingerprint density at radius 3 is 1.35 bits per heavy atom. The average molecular weight is 776 g/mol. The van der Waals surface area contributed by atoms with Crippen LogP contribution < -0.4 is 20.3 Å². The van der Waals surface area contributed by atoms with E-state index in [0.29, 0.717) is 46.6 Å². The lowest BCUT2D eigenvalue weighted by Gasteiger charge is -2.08. The zero-order valence-electron chi connectivity index (χ0n) is 25.7. The fourth-order valence-corrected chi connectivity index (χ4v) is 5.03. The van der Waals surface area contributed by atoms with E-state index in [1.165, 1.54) is 12.4 Å². The Labute approximate surface area is 294 Å². The predicted molar refractivity (Wildman–Crippen MR) is 190 cm³/mol. The number of esters is 2. The van der Waals surface area contributed by atoms with Crippen LogP contribution in [0.4, 0.5) is 0 Å². The summed E-state index contributed by atoms with van der Waals surface area (Å²) in [6.45, 7) is 0. The Bertz CT molecular complexity index is 1650. The molecule has 0 spiro atoms. The van der Waals surface area contributed by atoms with Crippen molar-refractivity contribution in [2.24, 2.45) is 10.2 Å². The first-order chi connectivity index (χ1) is 23.3. The van der Waals surface area contributed by atoms with Gasteiger partial charge >= 0.3 is 11.9 Å². The SMILES string of the molecule is O=C(CCCCCCC(=O)N/N=C\c1cc(Br)ccc1OC(=O)c1ccccc1)N/N=C\c1cc(Br)ccc1OC(=O)c1ccccc1. The fourth-order valence-electron chi connectivity index (χ4n) is 4.28. The van der Waals surface area contributed by atoms with E-state index < -0.39 is 11.9 Å². The molecule has 0 bridgehead atoms. The average Bonchev–Trinajstić information content (AvgIpc) is 3.09. The molecule has 4 aromatic carbocycles. The largest absolute Gasteiger partial charge is 0.422 e. The highest BCUT2D eigenvalue weighted by Crippen LogP contribution is 2.24. The topological polar surface area (TPSA) is 136 Å². The molecule has 4 rings (SSSR count). The summed E-state index contributed by atoms with van der Waals surface area (Å²) in [5.74, 6) is -0.890. The molecule has 0 fully saturated rings. The Balaban J connectivity index is 1.13. The minimum atomic E-state index is -0.500. The van der Waals surface area contributed by atoms with Crippen molar-refractivity contribution in [3.05, 3.63) is 128 Å². The number of rotatable bonds is 15. The summed E-state index contributed by atoms with van der Waals surface area (Å²) in [6, 6.07) is 27.5. The lowest BCUT2D eigenvalue weighted by Crippen LogP contribution is -2.17. The number of hydrogen-bond donors (Lipinski definition) is 2. The first-order valence-corrected chi connectivity index (χ1v) is 16.6. The van der Waals surface area contributed by atoms with Crippen LogP contribution in [-0.4, -0.2) is 36.2 Å². The number of carbonyl (C=O) groups excluding carboxylic acids is 4. The number of hydrogen-bond acceptors (Lipinski definition) is 8. The molecule has 0 unspecified atom stereocenters. The van der Waals surface area contributed by atoms with Gasteiger partial charge in [-0.15, -0.1) is 0 Å². The molecule has 4 aromatic rings. The van der Waals surface area contributed by atoms with Gasteiger partial charge in [-0.05, 0) is 73.5 Å². The van der Waals surface area contributed by atoms with Crippen molar-refractivity contribution >= 4 is 68.0 Å². The summed E-state index contributed by atoms with van der Waals surface area (Å²) in [7, 11) is 0. The van der Waals surface area contributed by atoms with Crippen LogP contribution in [-0.2, 0) is 9.59 Å². The highest BCUT2D eigenvalue weighted by Gasteiger charge is 2.13. The van der Waals surface area contributed by atoms with Gasteiger partial charge in [-0.25, -0.2) is 20.4 Å². The zero-order valence-corrected chi connectivity index (χ0v) is 28.9. The van der Waals surface area contributed by atoms with Crippen LogP contribution in [0.1, 0.15) is 70.4 Å². The number of nitrogens with one attached hydrogen (secondary N) is 2. The second-order valence-corrected chi connectivity index (χ2v) is 12.2. The number of nitrogens with zero attached hydrogens (tertiary/aromatic N) is 2. The maximum Gasteiger partial charge on any atom is 0.343 e. The van der Waals surface area contributed by atoms with Gasteiger partial charge in [-0.1, -0.05) is 81.1 Å². The zero-order chi connectivity index (χ0) is 34.1. The lowest BCUT2D eigenvalue weighted by atomic mass is 10.1. The third-order valence-electron chi connectivity index (χ3n) is 6.71. The van der Waals surface area contributed by atoms with E-state index in [2.05, 4.69) is 52.9 Å². The first-order valence-electron chi connectivity index (χ1n) is 15.1. The van der Waals surface area contributed by atoms with Crippen molar-refractivity contribution in [2.45, 2.75) is 38.5 Å². The quantitative estimate of drug-likeness (QED) is 0.0420. The minimum absolute atomic E-state index is 0.252. The molecule has 0 aliphatic heterocycles. The van der Waals surface area contributed by atoms with Crippen LogP contribution in [0.2, 0.25) is 0 Å². The van der Waals surface area contributed by atoms with Gasteiger partial charge in [0.25, 0.3) is 0 Å². The predicted octanol–water partition coefficient (Wildman–Crippen LogP) is 7.59. The van der Waals surface area contributed by atoms with E-state index in [9.17, 15) is 19.2 Å². The van der Waals surface area contributed by atoms with E-state index >= 15 is 0 Å². The van der Waals surface area contributed by atoms with E-state index in [4.69, 9.17) is 9.47 Å². The molecule has 12 heteroatoms. The Hall–Kier alpha value is -4.94. The van der Waals surface area contributed by atoms with Crippen LogP contribution in [0.15, 0.2) is 116 Å². The monoisotopic (exact) mass is 774 g/mol. The molecule has 0 aliphatic carbocycles. The highest BCUT2D eigenvalue weighted by molar-refractivity contribution is 9.10. The summed E-state index contributed by atoms with van der Waals surface area (Å²) < 4.78 is 12.6. The number of carbonyl (C=O) groups is 4. The molecule has 10 nitrogen and oxygen atoms in total. The summed E-state index contributed by atoms with van der Waals surface area (Å²) in [5.41, 5.74) is 6.86. The third kappa shape index (κ3) is 12.0. The number of ether oxygens (including phenoxy) is 2. The van der Waals surface area contributed by atoms with Crippen LogP contribution in [0.25, 0.3) is 0 Å². The van der Waals surface area contributed by atoms with Gasteiger partial charge in [-0.2, -0.15) is 10.2 Å². The van der Waals surface area contributed by atoms with Gasteiger partial charge in [0.05, 0.1) is 23.6 Å². The standard InChI is InChI=1S/C36H32Br2N4O6/c37-29-17-19-31(47-35(45)25-11-5-3-6-12-25)27(21-29)23-39-41-33(43)15-9-1-2-10-16-34(44)42-40-24-28-22-30(38)18-20-32(28)48-36(46)26-13-7-4-8-14-26/h3-8,11-14,17-24H,1-2,9-10,15-16H2,(H,41,43)(H,42,44)/b39-23-,40-24-. The molecular formula is C36H32Br2N4O6. The smallest absolute Gasteiger partial charge is 0.343 e. The van der Waals surface area contributed by atoms with Crippen LogP contribution >= 0.6 is 31.9 Å². The molecule has 0 atom stereocenters. The molecule has 0 saturated heterocycles. The van der Waals surface area contributed by atoms with Crippen LogP contribution in [0.3, 0.4) is 0 Å². The molecule has 246 valence electrons. The Morgan fingerprint density at radius 1 is 0.562 bits per heavy atom. The normalized spacial score (nSPS) is 11.0. The van der Waals surface area contributed by atoms with Crippen LogP contribution in [0, 0.1) is 0 Å². The van der Waals surface area contributed by atoms with Crippen molar-refractivity contribution in [3.8, 4) is 11.5 Å².